The van der Waals surface area contributed by atoms with Gasteiger partial charge in [-0.1, -0.05) is 0 Å². The van der Waals surface area contributed by atoms with E-state index in [1.807, 2.05) is 0 Å². The molecule has 0 amide bonds. The molecule has 2 nitrogen and oxygen atoms in total. The first-order chi connectivity index (χ1) is 5.95. The van der Waals surface area contributed by atoms with Crippen LogP contribution in [0.25, 0.3) is 0 Å². The van der Waals surface area contributed by atoms with Crippen LogP contribution in [0, 0.1) is 0 Å². The topological polar surface area (TPSA) is 33.1 Å². The van der Waals surface area contributed by atoms with E-state index in [9.17, 15) is 8.78 Å². The zero-order valence-corrected chi connectivity index (χ0v) is 4.73. The average molecular weight is 148 g/mol. The highest BCUT2D eigenvalue weighted by atomic mass is 19.3. The van der Waals surface area contributed by atoms with E-state index in [1.165, 1.54) is 0 Å². The Labute approximate surface area is 60.4 Å². The molecule has 0 aliphatic carbocycles. The molecule has 0 radical (unpaired) electrons. The molecule has 0 atom stereocenters. The third-order valence-electron chi connectivity index (χ3n) is 0.798. The van der Waals surface area contributed by atoms with Gasteiger partial charge in [0, 0.05) is 0 Å². The van der Waals surface area contributed by atoms with E-state index >= 15 is 0 Å². The van der Waals surface area contributed by atoms with Crippen molar-refractivity contribution in [1.82, 2.24) is 4.98 Å². The van der Waals surface area contributed by atoms with Gasteiger partial charge in [-0.15, -0.1) is 0 Å². The largest absolute Gasteiger partial charge is 0.506 e. The molecule has 0 aliphatic rings. The molecule has 1 N–H and O–H groups in total. The molecule has 1 rings (SSSR count). The zero-order valence-electron chi connectivity index (χ0n) is 7.73. The Bertz CT molecular complexity index is 345. The summed E-state index contributed by atoms with van der Waals surface area (Å²) in [5.74, 6) is -0.852. The number of aromatic hydroxyl groups is 1. The molecule has 4 heteroatoms. The fraction of sp³-hybridized carbons (Fsp3) is 0.167. The molecule has 0 bridgehead atoms. The standard InChI is InChI=1S/C6H5F2NO/c7-6(8)5-2-1-4(10)3-9-5/h1-3,6,10H/i1D,2D,3D. The molecule has 0 aliphatic heterocycles. The lowest BCUT2D eigenvalue weighted by Gasteiger charge is -1.95. The highest BCUT2D eigenvalue weighted by Gasteiger charge is 2.06. The lowest BCUT2D eigenvalue weighted by Crippen LogP contribution is -1.86. The Morgan fingerprint density at radius 2 is 2.30 bits per heavy atom. The molecule has 1 aromatic heterocycles. The van der Waals surface area contributed by atoms with Crippen molar-refractivity contribution in [2.24, 2.45) is 0 Å². The lowest BCUT2D eigenvalue weighted by atomic mass is 10.3. The number of alkyl halides is 2. The molecule has 0 saturated heterocycles. The third kappa shape index (κ3) is 1.40. The number of hydrogen-bond acceptors (Lipinski definition) is 2. The summed E-state index contributed by atoms with van der Waals surface area (Å²) in [5.41, 5.74) is -0.951. The van der Waals surface area contributed by atoms with Crippen molar-refractivity contribution in [2.45, 2.75) is 6.43 Å². The van der Waals surface area contributed by atoms with E-state index < -0.39 is 36.1 Å². The average Bonchev–Trinajstić information content (AvgIpc) is 2.07. The number of pyridine rings is 1. The van der Waals surface area contributed by atoms with E-state index in [1.54, 1.807) is 0 Å². The minimum Gasteiger partial charge on any atom is -0.506 e. The fourth-order valence-electron chi connectivity index (χ4n) is 0.396. The molecule has 1 aromatic rings. The minimum absolute atomic E-state index is 0.796. The van der Waals surface area contributed by atoms with Crippen molar-refractivity contribution >= 4 is 0 Å². The van der Waals surface area contributed by atoms with Gasteiger partial charge < -0.3 is 5.11 Å². The summed E-state index contributed by atoms with van der Waals surface area (Å²) in [5, 5.41) is 8.89. The van der Waals surface area contributed by atoms with Crippen molar-refractivity contribution in [2.75, 3.05) is 0 Å². The van der Waals surface area contributed by atoms with Gasteiger partial charge in [0.25, 0.3) is 6.43 Å². The fourth-order valence-corrected chi connectivity index (χ4v) is 0.396. The first-order valence-electron chi connectivity index (χ1n) is 3.90. The summed E-state index contributed by atoms with van der Waals surface area (Å²) < 4.78 is 45.0. The maximum Gasteiger partial charge on any atom is 0.280 e. The highest BCUT2D eigenvalue weighted by molar-refractivity contribution is 5.18. The second-order valence-electron chi connectivity index (χ2n) is 1.51. The van der Waals surface area contributed by atoms with Crippen LogP contribution in [-0.4, -0.2) is 10.1 Å². The van der Waals surface area contributed by atoms with Gasteiger partial charge in [0.15, 0.2) is 0 Å². The summed E-state index contributed by atoms with van der Waals surface area (Å²) in [4.78, 5) is 2.99. The minimum atomic E-state index is -3.01. The van der Waals surface area contributed by atoms with Crippen molar-refractivity contribution in [3.63, 3.8) is 0 Å². The Balaban J connectivity index is 3.41. The van der Waals surface area contributed by atoms with Crippen LogP contribution in [0.15, 0.2) is 18.3 Å². The Kier molecular flexibility index (Phi) is 1.00. The maximum atomic E-state index is 12.1. The molecule has 0 unspecified atom stereocenters. The SMILES string of the molecule is [2H]c1nc(C(F)F)c([2H])c([2H])c1O. The molecule has 0 saturated carbocycles. The van der Waals surface area contributed by atoms with Crippen molar-refractivity contribution in [3.8, 4) is 5.75 Å². The number of nitrogens with zero attached hydrogens (tertiary/aromatic N) is 1. The summed E-state index contributed by atoms with van der Waals surface area (Å²) >= 11 is 0. The van der Waals surface area contributed by atoms with Crippen LogP contribution in [-0.2, 0) is 0 Å². The number of aromatic nitrogens is 1. The van der Waals surface area contributed by atoms with Crippen molar-refractivity contribution in [3.05, 3.63) is 24.0 Å². The predicted molar refractivity (Wildman–Crippen MR) is 30.9 cm³/mol. The second-order valence-corrected chi connectivity index (χ2v) is 1.51. The zero-order chi connectivity index (χ0) is 10.2. The van der Waals surface area contributed by atoms with Gasteiger partial charge in [0.05, 0.1) is 10.3 Å². The monoisotopic (exact) mass is 148 g/mol. The maximum absolute atomic E-state index is 12.1. The van der Waals surface area contributed by atoms with Crippen molar-refractivity contribution in [1.29, 1.82) is 0 Å². The first kappa shape index (κ1) is 3.85. The van der Waals surface area contributed by atoms with Gasteiger partial charge in [0.2, 0.25) is 0 Å². The van der Waals surface area contributed by atoms with Crippen LogP contribution in [0.1, 0.15) is 16.2 Å². The molecule has 54 valence electrons. The van der Waals surface area contributed by atoms with Crippen LogP contribution in [0.2, 0.25) is 0 Å². The Morgan fingerprint density at radius 3 is 2.90 bits per heavy atom. The van der Waals surface area contributed by atoms with Crippen LogP contribution >= 0.6 is 0 Å². The summed E-state index contributed by atoms with van der Waals surface area (Å²) in [6.45, 7) is 0. The number of rotatable bonds is 1. The van der Waals surface area contributed by atoms with E-state index in [-0.39, 0.29) is 0 Å². The predicted octanol–water partition coefficient (Wildman–Crippen LogP) is 1.72. The third-order valence-corrected chi connectivity index (χ3v) is 0.798. The molecule has 10 heavy (non-hydrogen) atoms. The summed E-state index contributed by atoms with van der Waals surface area (Å²) in [6.07, 6.45) is -3.82. The molecular formula is C6H5F2NO. The van der Waals surface area contributed by atoms with Gasteiger partial charge in [-0.3, -0.25) is 4.98 Å². The highest BCUT2D eigenvalue weighted by Crippen LogP contribution is 2.17. The van der Waals surface area contributed by atoms with Crippen LogP contribution in [0.4, 0.5) is 8.78 Å². The lowest BCUT2D eigenvalue weighted by molar-refractivity contribution is 0.146. The second kappa shape index (κ2) is 2.60. The molecule has 0 spiro atoms. The van der Waals surface area contributed by atoms with Crippen LogP contribution < -0.4 is 0 Å². The van der Waals surface area contributed by atoms with Gasteiger partial charge in [-0.05, 0) is 12.1 Å². The van der Waals surface area contributed by atoms with Gasteiger partial charge in [-0.25, -0.2) is 8.78 Å². The number of hydrogen-bond donors (Lipinski definition) is 1. The van der Waals surface area contributed by atoms with Gasteiger partial charge >= 0.3 is 0 Å². The smallest absolute Gasteiger partial charge is 0.280 e. The number of halogens is 2. The Morgan fingerprint density at radius 1 is 1.60 bits per heavy atom. The molecular weight excluding hydrogens is 140 g/mol. The van der Waals surface area contributed by atoms with Gasteiger partial charge in [0.1, 0.15) is 11.4 Å². The van der Waals surface area contributed by atoms with E-state index in [0.717, 1.165) is 0 Å². The van der Waals surface area contributed by atoms with E-state index in [4.69, 9.17) is 9.22 Å². The molecule has 1 heterocycles. The summed E-state index contributed by atoms with van der Waals surface area (Å²) in [7, 11) is 0. The first-order valence-corrected chi connectivity index (χ1v) is 2.40. The normalized spacial score (nSPS) is 14.5. The van der Waals surface area contributed by atoms with Crippen LogP contribution in [0.5, 0.6) is 5.75 Å². The van der Waals surface area contributed by atoms with Gasteiger partial charge in [-0.2, -0.15) is 0 Å². The van der Waals surface area contributed by atoms with Crippen molar-refractivity contribution < 1.29 is 18.0 Å². The summed E-state index contributed by atoms with van der Waals surface area (Å²) in [6, 6.07) is -1.64. The van der Waals surface area contributed by atoms with Crippen LogP contribution in [0.3, 0.4) is 0 Å². The molecule has 0 fully saturated rings. The quantitative estimate of drug-likeness (QED) is 0.657. The Hall–Kier alpha value is -1.19. The van der Waals surface area contributed by atoms with E-state index in [0.29, 0.717) is 0 Å². The molecule has 0 aromatic carbocycles. The van der Waals surface area contributed by atoms with E-state index in [2.05, 4.69) is 4.98 Å².